The topological polar surface area (TPSA) is 44.6 Å². The number of carbonyl (C=O) groups excluding carboxylic acids is 1. The fourth-order valence-corrected chi connectivity index (χ4v) is 4.05. The van der Waals surface area contributed by atoms with Gasteiger partial charge in [0.25, 0.3) is 0 Å². The average molecular weight is 433 g/mol. The van der Waals surface area contributed by atoms with E-state index < -0.39 is 11.9 Å². The molecule has 0 unspecified atom stereocenters. The third kappa shape index (κ3) is 4.61. The number of nitrogens with zero attached hydrogens (tertiary/aromatic N) is 5. The molecule has 1 aromatic carbocycles. The molecule has 0 atom stereocenters. The van der Waals surface area contributed by atoms with E-state index in [2.05, 4.69) is 23.8 Å². The van der Waals surface area contributed by atoms with Gasteiger partial charge in [0.1, 0.15) is 12.2 Å². The van der Waals surface area contributed by atoms with Crippen LogP contribution < -0.4 is 4.90 Å². The molecule has 6 nitrogen and oxygen atoms in total. The van der Waals surface area contributed by atoms with Gasteiger partial charge in [-0.3, -0.25) is 14.4 Å². The molecule has 1 fully saturated rings. The van der Waals surface area contributed by atoms with Crippen LogP contribution in [0.5, 0.6) is 0 Å². The maximum Gasteiger partial charge on any atom is 0.431 e. The third-order valence-corrected chi connectivity index (χ3v) is 5.80. The summed E-state index contributed by atoms with van der Waals surface area (Å²) in [5, 5.41) is 5.13. The second kappa shape index (κ2) is 8.37. The van der Waals surface area contributed by atoms with E-state index in [0.29, 0.717) is 35.7 Å². The molecule has 1 amide bonds. The number of carbonyl (C=O) groups is 1. The molecule has 0 spiro atoms. The Kier molecular flexibility index (Phi) is 5.79. The van der Waals surface area contributed by atoms with Crippen molar-refractivity contribution in [3.05, 3.63) is 48.3 Å². The van der Waals surface area contributed by atoms with Crippen LogP contribution in [-0.2, 0) is 11.3 Å². The normalized spacial score (nSPS) is 18.2. The zero-order chi connectivity index (χ0) is 22.2. The first-order valence-corrected chi connectivity index (χ1v) is 10.4. The second-order valence-corrected chi connectivity index (χ2v) is 8.17. The molecule has 166 valence electrons. The molecule has 9 heteroatoms. The zero-order valence-corrected chi connectivity index (χ0v) is 17.6. The number of alkyl halides is 3. The summed E-state index contributed by atoms with van der Waals surface area (Å²) in [5.74, 6) is -0.0000978. The minimum Gasteiger partial charge on any atom is -0.339 e. The standard InChI is InChI=1S/C22H26F3N5O/c1-16(2)27-9-11-28(12-10-27)21(31)15-29-14-17-13-18(6-7-19(17)26-29)30-8-4-3-5-20(30)22(23,24)25/h3-7,13-14,16H,8-12,15H2,1-2H3. The van der Waals surface area contributed by atoms with Gasteiger partial charge in [-0.05, 0) is 38.1 Å². The van der Waals surface area contributed by atoms with E-state index in [0.717, 1.165) is 19.2 Å². The van der Waals surface area contributed by atoms with E-state index in [4.69, 9.17) is 0 Å². The Morgan fingerprint density at radius 3 is 2.58 bits per heavy atom. The molecule has 0 saturated carbocycles. The average Bonchev–Trinajstić information content (AvgIpc) is 3.14. The number of allylic oxidation sites excluding steroid dienone is 3. The lowest BCUT2D eigenvalue weighted by Crippen LogP contribution is -2.51. The van der Waals surface area contributed by atoms with Crippen molar-refractivity contribution in [1.82, 2.24) is 19.6 Å². The maximum atomic E-state index is 13.4. The van der Waals surface area contributed by atoms with Crippen LogP contribution in [-0.4, -0.2) is 70.4 Å². The summed E-state index contributed by atoms with van der Waals surface area (Å²) < 4.78 is 41.7. The Balaban J connectivity index is 1.48. The molecule has 1 aromatic heterocycles. The molecule has 0 N–H and O–H groups in total. The number of aromatic nitrogens is 2. The number of amides is 1. The molecule has 0 aliphatic carbocycles. The van der Waals surface area contributed by atoms with Gasteiger partial charge in [0.05, 0.1) is 5.52 Å². The largest absolute Gasteiger partial charge is 0.431 e. The van der Waals surface area contributed by atoms with Crippen molar-refractivity contribution in [3.63, 3.8) is 0 Å². The van der Waals surface area contributed by atoms with E-state index in [1.807, 2.05) is 4.90 Å². The van der Waals surface area contributed by atoms with E-state index in [1.54, 1.807) is 35.2 Å². The number of fused-ring (bicyclic) bond motifs is 1. The molecule has 3 heterocycles. The summed E-state index contributed by atoms with van der Waals surface area (Å²) in [6, 6.07) is 5.47. The highest BCUT2D eigenvalue weighted by molar-refractivity contribution is 5.84. The molecule has 0 radical (unpaired) electrons. The van der Waals surface area contributed by atoms with Crippen LogP contribution in [0.2, 0.25) is 0 Å². The van der Waals surface area contributed by atoms with Crippen molar-refractivity contribution >= 4 is 22.5 Å². The lowest BCUT2D eigenvalue weighted by atomic mass is 10.1. The minimum atomic E-state index is -4.43. The SMILES string of the molecule is CC(C)N1CCN(C(=O)Cn2cc3cc(N4CC=CC=C4C(F)(F)F)ccc3n2)CC1. The number of benzene rings is 1. The highest BCUT2D eigenvalue weighted by atomic mass is 19.4. The van der Waals surface area contributed by atoms with E-state index >= 15 is 0 Å². The van der Waals surface area contributed by atoms with Crippen LogP contribution in [0.4, 0.5) is 18.9 Å². The van der Waals surface area contributed by atoms with Crippen LogP contribution in [0.1, 0.15) is 13.8 Å². The van der Waals surface area contributed by atoms with Crippen molar-refractivity contribution in [3.8, 4) is 0 Å². The molecule has 2 aliphatic heterocycles. The number of rotatable bonds is 4. The minimum absolute atomic E-state index is 0.0000978. The fraction of sp³-hybridized carbons (Fsp3) is 0.455. The molecule has 31 heavy (non-hydrogen) atoms. The van der Waals surface area contributed by atoms with E-state index in [9.17, 15) is 18.0 Å². The Labute approximate surface area is 179 Å². The van der Waals surface area contributed by atoms with Crippen LogP contribution >= 0.6 is 0 Å². The second-order valence-electron chi connectivity index (χ2n) is 8.17. The predicted octanol–water partition coefficient (Wildman–Crippen LogP) is 3.41. The van der Waals surface area contributed by atoms with Crippen molar-refractivity contribution in [2.45, 2.75) is 32.6 Å². The van der Waals surface area contributed by atoms with E-state index in [-0.39, 0.29) is 19.0 Å². The van der Waals surface area contributed by atoms with Gasteiger partial charge in [-0.1, -0.05) is 12.2 Å². The number of halogens is 3. The lowest BCUT2D eigenvalue weighted by Gasteiger charge is -2.36. The molecule has 0 bridgehead atoms. The fourth-order valence-electron chi connectivity index (χ4n) is 4.05. The summed E-state index contributed by atoms with van der Waals surface area (Å²) in [6.07, 6.45) is 1.46. The smallest absolute Gasteiger partial charge is 0.339 e. The summed E-state index contributed by atoms with van der Waals surface area (Å²) in [6.45, 7) is 7.65. The highest BCUT2D eigenvalue weighted by Crippen LogP contribution is 2.34. The zero-order valence-electron chi connectivity index (χ0n) is 17.6. The summed E-state index contributed by atoms with van der Waals surface area (Å²) in [4.78, 5) is 18.1. The number of anilines is 1. The van der Waals surface area contributed by atoms with Crippen LogP contribution in [0, 0.1) is 0 Å². The first-order valence-electron chi connectivity index (χ1n) is 10.4. The molecule has 4 rings (SSSR count). The van der Waals surface area contributed by atoms with Gasteiger partial charge in [0, 0.05) is 56.0 Å². The van der Waals surface area contributed by atoms with Gasteiger partial charge in [0.15, 0.2) is 0 Å². The van der Waals surface area contributed by atoms with Gasteiger partial charge in [-0.25, -0.2) is 0 Å². The van der Waals surface area contributed by atoms with Gasteiger partial charge in [-0.15, -0.1) is 0 Å². The molecule has 2 aliphatic rings. The Morgan fingerprint density at radius 2 is 1.90 bits per heavy atom. The number of hydrogen-bond acceptors (Lipinski definition) is 4. The molecular weight excluding hydrogens is 407 g/mol. The summed E-state index contributed by atoms with van der Waals surface area (Å²) >= 11 is 0. The maximum absolute atomic E-state index is 13.4. The van der Waals surface area contributed by atoms with Crippen LogP contribution in [0.25, 0.3) is 10.9 Å². The predicted molar refractivity (Wildman–Crippen MR) is 114 cm³/mol. The van der Waals surface area contributed by atoms with E-state index in [1.165, 1.54) is 11.0 Å². The van der Waals surface area contributed by atoms with Crippen molar-refractivity contribution < 1.29 is 18.0 Å². The van der Waals surface area contributed by atoms with Gasteiger partial charge in [0.2, 0.25) is 5.91 Å². The Morgan fingerprint density at radius 1 is 1.16 bits per heavy atom. The monoisotopic (exact) mass is 433 g/mol. The first-order chi connectivity index (χ1) is 14.7. The van der Waals surface area contributed by atoms with Gasteiger partial charge >= 0.3 is 6.18 Å². The van der Waals surface area contributed by atoms with Gasteiger partial charge in [-0.2, -0.15) is 18.3 Å². The summed E-state index contributed by atoms with van der Waals surface area (Å²) in [7, 11) is 0. The van der Waals surface area contributed by atoms with Crippen molar-refractivity contribution in [2.24, 2.45) is 0 Å². The van der Waals surface area contributed by atoms with Crippen LogP contribution in [0.3, 0.4) is 0 Å². The number of piperazine rings is 1. The number of hydrogen-bond donors (Lipinski definition) is 0. The van der Waals surface area contributed by atoms with Crippen LogP contribution in [0.15, 0.2) is 48.3 Å². The molecule has 2 aromatic rings. The Bertz CT molecular complexity index is 1020. The van der Waals surface area contributed by atoms with Crippen molar-refractivity contribution in [1.29, 1.82) is 0 Å². The van der Waals surface area contributed by atoms with Gasteiger partial charge < -0.3 is 9.80 Å². The molecular formula is C22H26F3N5O. The summed E-state index contributed by atoms with van der Waals surface area (Å²) in [5.41, 5.74) is 0.389. The first kappa shape index (κ1) is 21.4. The lowest BCUT2D eigenvalue weighted by molar-refractivity contribution is -0.134. The molecule has 1 saturated heterocycles. The van der Waals surface area contributed by atoms with Crippen molar-refractivity contribution in [2.75, 3.05) is 37.6 Å². The third-order valence-electron chi connectivity index (χ3n) is 5.80. The highest BCUT2D eigenvalue weighted by Gasteiger charge is 2.38. The quantitative estimate of drug-likeness (QED) is 0.742. The Hall–Kier alpha value is -2.81.